The maximum atomic E-state index is 12.6. The third-order valence-corrected chi connectivity index (χ3v) is 5.00. The van der Waals surface area contributed by atoms with E-state index < -0.39 is 0 Å². The van der Waals surface area contributed by atoms with Gasteiger partial charge in [0.05, 0.1) is 16.0 Å². The molecule has 0 aromatic carbocycles. The van der Waals surface area contributed by atoms with Crippen molar-refractivity contribution in [2.75, 3.05) is 7.05 Å². The van der Waals surface area contributed by atoms with Crippen LogP contribution in [0.2, 0.25) is 0 Å². The summed E-state index contributed by atoms with van der Waals surface area (Å²) in [5.41, 5.74) is -0.0914. The van der Waals surface area contributed by atoms with Crippen molar-refractivity contribution in [3.8, 4) is 0 Å². The minimum absolute atomic E-state index is 0.108. The van der Waals surface area contributed by atoms with Crippen LogP contribution in [0.1, 0.15) is 47.5 Å². The average Bonchev–Trinajstić information content (AvgIpc) is 2.82. The van der Waals surface area contributed by atoms with Crippen molar-refractivity contribution < 1.29 is 4.79 Å². The van der Waals surface area contributed by atoms with Crippen LogP contribution in [0, 0.1) is 6.92 Å². The Morgan fingerprint density at radius 1 is 1.39 bits per heavy atom. The number of hydrogen-bond acceptors (Lipinski definition) is 4. The van der Waals surface area contributed by atoms with Gasteiger partial charge in [0.1, 0.15) is 11.4 Å². The van der Waals surface area contributed by atoms with Gasteiger partial charge in [0.25, 0.3) is 11.5 Å². The van der Waals surface area contributed by atoms with Gasteiger partial charge in [-0.3, -0.25) is 9.59 Å². The topological polar surface area (TPSA) is 66.1 Å². The average molecular weight is 398 g/mol. The lowest BCUT2D eigenvalue weighted by Crippen LogP contribution is -2.34. The lowest BCUT2D eigenvalue weighted by molar-refractivity contribution is 0.0783. The first-order valence-electron chi connectivity index (χ1n) is 7.20. The standard InChI is InChI=1S/C16H20BrN3O2S/c1-9-12(13(21)19-15(18-9)16(2,3)4)14(22)20(5)8-10-6-7-11(17)23-10/h6-7H,8H2,1-5H3,(H,18,19,21). The molecule has 0 atom stereocenters. The van der Waals surface area contributed by atoms with Crippen LogP contribution in [-0.4, -0.2) is 27.8 Å². The van der Waals surface area contributed by atoms with E-state index in [-0.39, 0.29) is 22.4 Å². The van der Waals surface area contributed by atoms with E-state index in [1.807, 2.05) is 32.9 Å². The summed E-state index contributed by atoms with van der Waals surface area (Å²) in [6, 6.07) is 3.90. The van der Waals surface area contributed by atoms with Gasteiger partial charge in [-0.2, -0.15) is 0 Å². The molecule has 0 saturated carbocycles. The van der Waals surface area contributed by atoms with Crippen LogP contribution < -0.4 is 5.56 Å². The molecule has 0 saturated heterocycles. The second-order valence-corrected chi connectivity index (χ2v) is 9.04. The Morgan fingerprint density at radius 3 is 2.52 bits per heavy atom. The van der Waals surface area contributed by atoms with E-state index in [2.05, 4.69) is 25.9 Å². The van der Waals surface area contributed by atoms with Crippen molar-refractivity contribution in [1.82, 2.24) is 14.9 Å². The second-order valence-electron chi connectivity index (χ2n) is 6.49. The second kappa shape index (κ2) is 6.57. The summed E-state index contributed by atoms with van der Waals surface area (Å²) in [7, 11) is 1.69. The van der Waals surface area contributed by atoms with Gasteiger partial charge in [-0.05, 0) is 35.0 Å². The van der Waals surface area contributed by atoms with Gasteiger partial charge in [0, 0.05) is 17.3 Å². The zero-order valence-electron chi connectivity index (χ0n) is 13.9. The monoisotopic (exact) mass is 397 g/mol. The van der Waals surface area contributed by atoms with Crippen LogP contribution in [0.5, 0.6) is 0 Å². The Hall–Kier alpha value is -1.47. The molecule has 0 radical (unpaired) electrons. The van der Waals surface area contributed by atoms with Crippen LogP contribution in [0.3, 0.4) is 0 Å². The SMILES string of the molecule is Cc1nc(C(C)(C)C)[nH]c(=O)c1C(=O)N(C)Cc1ccc(Br)s1. The van der Waals surface area contributed by atoms with Crippen LogP contribution in [0.4, 0.5) is 0 Å². The maximum absolute atomic E-state index is 12.6. The molecule has 0 aliphatic carbocycles. The highest BCUT2D eigenvalue weighted by atomic mass is 79.9. The fourth-order valence-electron chi connectivity index (χ4n) is 2.13. The first-order valence-corrected chi connectivity index (χ1v) is 8.81. The smallest absolute Gasteiger partial charge is 0.264 e. The van der Waals surface area contributed by atoms with Crippen molar-refractivity contribution in [3.05, 3.63) is 48.2 Å². The highest BCUT2D eigenvalue weighted by Gasteiger charge is 2.24. The number of aromatic nitrogens is 2. The molecule has 5 nitrogen and oxygen atoms in total. The van der Waals surface area contributed by atoms with E-state index in [4.69, 9.17) is 0 Å². The first kappa shape index (κ1) is 17.9. The van der Waals surface area contributed by atoms with Crippen LogP contribution in [0.15, 0.2) is 20.7 Å². The van der Waals surface area contributed by atoms with Gasteiger partial charge >= 0.3 is 0 Å². The Balaban J connectivity index is 2.30. The molecule has 0 unspecified atom stereocenters. The van der Waals surface area contributed by atoms with E-state index in [9.17, 15) is 9.59 Å². The summed E-state index contributed by atoms with van der Waals surface area (Å²) < 4.78 is 1.01. The van der Waals surface area contributed by atoms with E-state index in [1.165, 1.54) is 4.90 Å². The van der Waals surface area contributed by atoms with Gasteiger partial charge in [-0.15, -0.1) is 11.3 Å². The maximum Gasteiger partial charge on any atom is 0.264 e. The summed E-state index contributed by atoms with van der Waals surface area (Å²) in [5.74, 6) is 0.266. The molecule has 23 heavy (non-hydrogen) atoms. The molecular formula is C16H20BrN3O2S. The summed E-state index contributed by atoms with van der Waals surface area (Å²) in [4.78, 5) is 34.7. The molecule has 0 bridgehead atoms. The van der Waals surface area contributed by atoms with Crippen molar-refractivity contribution >= 4 is 33.2 Å². The minimum atomic E-state index is -0.383. The van der Waals surface area contributed by atoms with Gasteiger partial charge in [0.15, 0.2) is 0 Å². The number of nitrogens with one attached hydrogen (secondary N) is 1. The molecular weight excluding hydrogens is 378 g/mol. The van der Waals surface area contributed by atoms with E-state index >= 15 is 0 Å². The summed E-state index contributed by atoms with van der Waals surface area (Å²) >= 11 is 4.97. The zero-order valence-corrected chi connectivity index (χ0v) is 16.3. The number of rotatable bonds is 3. The van der Waals surface area contributed by atoms with E-state index in [0.717, 1.165) is 8.66 Å². The minimum Gasteiger partial charge on any atom is -0.336 e. The van der Waals surface area contributed by atoms with Crippen LogP contribution in [0.25, 0.3) is 0 Å². The van der Waals surface area contributed by atoms with Gasteiger partial charge < -0.3 is 9.88 Å². The Bertz CT molecular complexity index is 789. The number of nitrogens with zero attached hydrogens (tertiary/aromatic N) is 2. The Kier molecular flexibility index (Phi) is 5.10. The molecule has 0 fully saturated rings. The lowest BCUT2D eigenvalue weighted by atomic mass is 9.95. The molecule has 0 aliphatic heterocycles. The predicted molar refractivity (Wildman–Crippen MR) is 96.1 cm³/mol. The molecule has 2 heterocycles. The van der Waals surface area contributed by atoms with Crippen LogP contribution >= 0.6 is 27.3 Å². The number of H-pyrrole nitrogens is 1. The summed E-state index contributed by atoms with van der Waals surface area (Å²) in [6.07, 6.45) is 0. The molecule has 2 aromatic rings. The van der Waals surface area contributed by atoms with Crippen molar-refractivity contribution in [2.24, 2.45) is 0 Å². The van der Waals surface area contributed by atoms with Crippen LogP contribution in [-0.2, 0) is 12.0 Å². The normalized spacial score (nSPS) is 11.6. The molecule has 0 spiro atoms. The third-order valence-electron chi connectivity index (χ3n) is 3.39. The number of carbonyl (C=O) groups is 1. The Labute approximate surface area is 147 Å². The quantitative estimate of drug-likeness (QED) is 0.861. The third kappa shape index (κ3) is 4.09. The number of amides is 1. The van der Waals surface area contributed by atoms with E-state index in [0.29, 0.717) is 18.1 Å². The van der Waals surface area contributed by atoms with Crippen molar-refractivity contribution in [2.45, 2.75) is 39.7 Å². The largest absolute Gasteiger partial charge is 0.336 e. The summed E-state index contributed by atoms with van der Waals surface area (Å²) in [5, 5.41) is 0. The van der Waals surface area contributed by atoms with Gasteiger partial charge in [-0.25, -0.2) is 4.98 Å². The predicted octanol–water partition coefficient (Wildman–Crippen LogP) is 3.47. The number of aryl methyl sites for hydroxylation is 1. The number of thiophene rings is 1. The van der Waals surface area contributed by atoms with Gasteiger partial charge in [-0.1, -0.05) is 20.8 Å². The molecule has 1 amide bonds. The summed E-state index contributed by atoms with van der Waals surface area (Å²) in [6.45, 7) is 8.05. The van der Waals surface area contributed by atoms with E-state index in [1.54, 1.807) is 25.3 Å². The molecule has 7 heteroatoms. The highest BCUT2D eigenvalue weighted by molar-refractivity contribution is 9.11. The molecule has 2 aromatic heterocycles. The van der Waals surface area contributed by atoms with Crippen molar-refractivity contribution in [3.63, 3.8) is 0 Å². The van der Waals surface area contributed by atoms with Gasteiger partial charge in [0.2, 0.25) is 0 Å². The fourth-order valence-corrected chi connectivity index (χ4v) is 3.66. The number of hydrogen-bond donors (Lipinski definition) is 1. The van der Waals surface area contributed by atoms with Crippen molar-refractivity contribution in [1.29, 1.82) is 0 Å². The Morgan fingerprint density at radius 2 is 2.04 bits per heavy atom. The molecule has 124 valence electrons. The molecule has 0 aliphatic rings. The molecule has 1 N–H and O–H groups in total. The first-order chi connectivity index (χ1) is 10.6. The number of halogens is 1. The number of carbonyl (C=O) groups excluding carboxylic acids is 1. The highest BCUT2D eigenvalue weighted by Crippen LogP contribution is 2.23. The fraction of sp³-hybridized carbons (Fsp3) is 0.438. The number of aromatic amines is 1. The lowest BCUT2D eigenvalue weighted by Gasteiger charge is -2.20. The molecule has 2 rings (SSSR count). The zero-order chi connectivity index (χ0) is 17.4.